The molecule has 102 valence electrons. The number of hydrogen-bond donors (Lipinski definition) is 1. The highest BCUT2D eigenvalue weighted by molar-refractivity contribution is 6.36. The predicted octanol–water partition coefficient (Wildman–Crippen LogP) is 4.80. The zero-order valence-electron chi connectivity index (χ0n) is 11.0. The van der Waals surface area contributed by atoms with Gasteiger partial charge in [0.25, 0.3) is 0 Å². The first-order chi connectivity index (χ1) is 9.06. The normalized spacial score (nSPS) is 11.2. The molecule has 3 nitrogen and oxygen atoms in total. The number of aromatic nitrogens is 2. The van der Waals surface area contributed by atoms with Crippen molar-refractivity contribution in [3.8, 4) is 11.3 Å². The van der Waals surface area contributed by atoms with Crippen molar-refractivity contribution >= 4 is 28.9 Å². The maximum absolute atomic E-state index is 6.20. The van der Waals surface area contributed by atoms with Crippen LogP contribution in [0.25, 0.3) is 11.3 Å². The average Bonchev–Trinajstić information content (AvgIpc) is 2.73. The van der Waals surface area contributed by atoms with E-state index in [2.05, 4.69) is 18.9 Å². The number of anilines is 1. The van der Waals surface area contributed by atoms with E-state index in [0.717, 1.165) is 18.4 Å². The summed E-state index contributed by atoms with van der Waals surface area (Å²) in [4.78, 5) is 0. The minimum atomic E-state index is 0.363. The van der Waals surface area contributed by atoms with E-state index >= 15 is 0 Å². The Morgan fingerprint density at radius 3 is 2.53 bits per heavy atom. The van der Waals surface area contributed by atoms with Crippen molar-refractivity contribution in [1.29, 1.82) is 0 Å². The largest absolute Gasteiger partial charge is 0.396 e. The van der Waals surface area contributed by atoms with Crippen molar-refractivity contribution in [1.82, 2.24) is 9.78 Å². The van der Waals surface area contributed by atoms with E-state index in [1.165, 1.54) is 0 Å². The van der Waals surface area contributed by atoms with Gasteiger partial charge in [-0.25, -0.2) is 0 Å². The lowest BCUT2D eigenvalue weighted by Crippen LogP contribution is -2.07. The van der Waals surface area contributed by atoms with Gasteiger partial charge in [-0.1, -0.05) is 37.0 Å². The monoisotopic (exact) mass is 297 g/mol. The molecule has 19 heavy (non-hydrogen) atoms. The number of nitrogens with two attached hydrogens (primary N) is 1. The Bertz CT molecular complexity index is 574. The Hall–Kier alpha value is -1.19. The molecule has 5 heteroatoms. The maximum Gasteiger partial charge on any atom is 0.117 e. The fourth-order valence-electron chi connectivity index (χ4n) is 2.15. The summed E-state index contributed by atoms with van der Waals surface area (Å²) in [5.41, 5.74) is 8.22. The lowest BCUT2D eigenvalue weighted by Gasteiger charge is -2.12. The molecule has 0 aliphatic rings. The van der Waals surface area contributed by atoms with Gasteiger partial charge >= 0.3 is 0 Å². The molecule has 0 spiro atoms. The second-order valence-corrected chi connectivity index (χ2v) is 5.35. The van der Waals surface area contributed by atoms with Gasteiger partial charge in [0.2, 0.25) is 0 Å². The van der Waals surface area contributed by atoms with E-state index in [1.807, 2.05) is 16.9 Å². The van der Waals surface area contributed by atoms with Gasteiger partial charge in [-0.3, -0.25) is 4.68 Å². The summed E-state index contributed by atoms with van der Waals surface area (Å²) in [6, 6.07) is 5.70. The number of nitrogens with zero attached hydrogens (tertiary/aromatic N) is 2. The third kappa shape index (κ3) is 2.88. The lowest BCUT2D eigenvalue weighted by molar-refractivity contribution is 0.429. The minimum Gasteiger partial charge on any atom is -0.396 e. The lowest BCUT2D eigenvalue weighted by atomic mass is 10.1. The fraction of sp³-hybridized carbons (Fsp3) is 0.357. The Kier molecular flexibility index (Phi) is 4.38. The molecule has 2 N–H and O–H groups in total. The van der Waals surface area contributed by atoms with Crippen molar-refractivity contribution in [2.75, 3.05) is 5.73 Å². The average molecular weight is 298 g/mol. The molecule has 1 aromatic carbocycles. The summed E-state index contributed by atoms with van der Waals surface area (Å²) in [5.74, 6) is 0. The van der Waals surface area contributed by atoms with Gasteiger partial charge in [-0.2, -0.15) is 5.10 Å². The summed E-state index contributed by atoms with van der Waals surface area (Å²) in [5, 5.41) is 5.74. The van der Waals surface area contributed by atoms with Crippen molar-refractivity contribution in [3.63, 3.8) is 0 Å². The molecular weight excluding hydrogens is 281 g/mol. The summed E-state index contributed by atoms with van der Waals surface area (Å²) in [6.07, 6.45) is 3.91. The molecule has 0 fully saturated rings. The second-order valence-electron chi connectivity index (χ2n) is 4.51. The van der Waals surface area contributed by atoms with Crippen LogP contribution in [0.5, 0.6) is 0 Å². The molecule has 0 atom stereocenters. The first-order valence-corrected chi connectivity index (χ1v) is 7.12. The molecule has 0 saturated carbocycles. The summed E-state index contributed by atoms with van der Waals surface area (Å²) in [6.45, 7) is 4.28. The predicted molar refractivity (Wildman–Crippen MR) is 81.7 cm³/mol. The molecule has 0 saturated heterocycles. The fourth-order valence-corrected chi connectivity index (χ4v) is 2.64. The van der Waals surface area contributed by atoms with E-state index < -0.39 is 0 Å². The molecule has 0 aliphatic carbocycles. The second kappa shape index (κ2) is 5.85. The summed E-state index contributed by atoms with van der Waals surface area (Å²) in [7, 11) is 0. The number of rotatable bonds is 4. The molecule has 1 heterocycles. The minimum absolute atomic E-state index is 0.363. The van der Waals surface area contributed by atoms with Crippen LogP contribution in [-0.4, -0.2) is 9.78 Å². The third-order valence-corrected chi connectivity index (χ3v) is 3.81. The van der Waals surface area contributed by atoms with Gasteiger partial charge in [-0.05, 0) is 31.0 Å². The first-order valence-electron chi connectivity index (χ1n) is 6.36. The van der Waals surface area contributed by atoms with Crippen LogP contribution in [0.2, 0.25) is 10.0 Å². The smallest absolute Gasteiger partial charge is 0.117 e. The van der Waals surface area contributed by atoms with Crippen LogP contribution in [-0.2, 0) is 0 Å². The summed E-state index contributed by atoms with van der Waals surface area (Å²) < 4.78 is 1.93. The molecule has 0 bridgehead atoms. The third-order valence-electron chi connectivity index (χ3n) is 3.26. The topological polar surface area (TPSA) is 43.8 Å². The Labute approximate surface area is 123 Å². The standard InChI is InChI=1S/C14H17Cl2N3/c1-3-10(4-2)19-8-13(17)14(18-19)11-6-5-9(15)7-12(11)16/h5-8,10H,3-4,17H2,1-2H3. The van der Waals surface area contributed by atoms with E-state index in [4.69, 9.17) is 28.9 Å². The highest BCUT2D eigenvalue weighted by Gasteiger charge is 2.15. The van der Waals surface area contributed by atoms with Crippen molar-refractivity contribution in [2.45, 2.75) is 32.7 Å². The van der Waals surface area contributed by atoms with Gasteiger partial charge in [0.05, 0.1) is 16.8 Å². The van der Waals surface area contributed by atoms with E-state index in [1.54, 1.807) is 12.1 Å². The van der Waals surface area contributed by atoms with Crippen molar-refractivity contribution in [2.24, 2.45) is 0 Å². The van der Waals surface area contributed by atoms with Crippen LogP contribution in [0.4, 0.5) is 5.69 Å². The molecule has 1 aromatic heterocycles. The highest BCUT2D eigenvalue weighted by atomic mass is 35.5. The van der Waals surface area contributed by atoms with Crippen LogP contribution < -0.4 is 5.73 Å². The molecule has 0 aliphatic heterocycles. The van der Waals surface area contributed by atoms with Gasteiger partial charge < -0.3 is 5.73 Å². The van der Waals surface area contributed by atoms with E-state index in [-0.39, 0.29) is 0 Å². The van der Waals surface area contributed by atoms with Crippen LogP contribution in [0.3, 0.4) is 0 Å². The zero-order chi connectivity index (χ0) is 14.0. The Balaban J connectivity index is 2.45. The van der Waals surface area contributed by atoms with Crippen LogP contribution in [0.1, 0.15) is 32.7 Å². The molecule has 2 aromatic rings. The number of halogens is 2. The van der Waals surface area contributed by atoms with E-state index in [0.29, 0.717) is 27.5 Å². The Morgan fingerprint density at radius 1 is 1.26 bits per heavy atom. The maximum atomic E-state index is 6.20. The van der Waals surface area contributed by atoms with Gasteiger partial charge in [0.15, 0.2) is 0 Å². The zero-order valence-corrected chi connectivity index (χ0v) is 12.5. The molecule has 0 amide bonds. The molecule has 2 rings (SSSR count). The van der Waals surface area contributed by atoms with Gasteiger partial charge in [-0.15, -0.1) is 0 Å². The number of benzene rings is 1. The highest BCUT2D eigenvalue weighted by Crippen LogP contribution is 2.33. The van der Waals surface area contributed by atoms with Crippen LogP contribution >= 0.6 is 23.2 Å². The number of nitrogen functional groups attached to an aromatic ring is 1. The van der Waals surface area contributed by atoms with Crippen molar-refractivity contribution < 1.29 is 0 Å². The van der Waals surface area contributed by atoms with E-state index in [9.17, 15) is 0 Å². The molecular formula is C14H17Cl2N3. The first kappa shape index (κ1) is 14.2. The quantitative estimate of drug-likeness (QED) is 0.881. The number of hydrogen-bond acceptors (Lipinski definition) is 2. The van der Waals surface area contributed by atoms with Crippen LogP contribution in [0.15, 0.2) is 24.4 Å². The van der Waals surface area contributed by atoms with Crippen molar-refractivity contribution in [3.05, 3.63) is 34.4 Å². The van der Waals surface area contributed by atoms with Crippen LogP contribution in [0, 0.1) is 0 Å². The summed E-state index contributed by atoms with van der Waals surface area (Å²) >= 11 is 12.1. The Morgan fingerprint density at radius 2 is 1.95 bits per heavy atom. The SMILES string of the molecule is CCC(CC)n1cc(N)c(-c2ccc(Cl)cc2Cl)n1. The van der Waals surface area contributed by atoms with Gasteiger partial charge in [0, 0.05) is 16.8 Å². The molecule has 0 radical (unpaired) electrons. The molecule has 0 unspecified atom stereocenters. The van der Waals surface area contributed by atoms with Gasteiger partial charge in [0.1, 0.15) is 5.69 Å².